The number of hydrogen-bond donors (Lipinski definition) is 2. The van der Waals surface area contributed by atoms with E-state index in [4.69, 9.17) is 14.2 Å². The van der Waals surface area contributed by atoms with Crippen molar-refractivity contribution in [1.82, 2.24) is 15.5 Å². The fourth-order valence-electron chi connectivity index (χ4n) is 3.58. The highest BCUT2D eigenvalue weighted by atomic mass is 127. The zero-order chi connectivity index (χ0) is 22.6. The molecule has 1 fully saturated rings. The summed E-state index contributed by atoms with van der Waals surface area (Å²) >= 11 is 0. The van der Waals surface area contributed by atoms with E-state index in [2.05, 4.69) is 34.4 Å². The molecule has 2 rings (SSSR count). The Morgan fingerprint density at radius 3 is 2.50 bits per heavy atom. The average molecular weight is 570 g/mol. The summed E-state index contributed by atoms with van der Waals surface area (Å²) in [5, 5.41) is 6.63. The van der Waals surface area contributed by atoms with E-state index in [1.54, 1.807) is 25.1 Å². The van der Waals surface area contributed by atoms with E-state index in [1.165, 1.54) is 0 Å². The van der Waals surface area contributed by atoms with Gasteiger partial charge in [-0.2, -0.15) is 8.78 Å². The van der Waals surface area contributed by atoms with E-state index >= 15 is 0 Å². The minimum absolute atomic E-state index is 0. The number of para-hydroxylation sites is 1. The van der Waals surface area contributed by atoms with Crippen molar-refractivity contribution in [3.05, 3.63) is 23.8 Å². The molecule has 0 amide bonds. The first-order chi connectivity index (χ1) is 15.0. The average Bonchev–Trinajstić information content (AvgIpc) is 2.74. The van der Waals surface area contributed by atoms with Crippen molar-refractivity contribution in [2.75, 3.05) is 46.0 Å². The molecule has 184 valence electrons. The van der Waals surface area contributed by atoms with Crippen LogP contribution in [0.15, 0.2) is 23.2 Å². The Hall–Kier alpha value is -1.40. The molecule has 0 spiro atoms. The Kier molecular flexibility index (Phi) is 13.8. The first-order valence-corrected chi connectivity index (χ1v) is 11.0. The van der Waals surface area contributed by atoms with Crippen molar-refractivity contribution in [2.24, 2.45) is 10.9 Å². The summed E-state index contributed by atoms with van der Waals surface area (Å²) in [6, 6.07) is 5.43. The van der Waals surface area contributed by atoms with E-state index in [0.717, 1.165) is 32.8 Å². The summed E-state index contributed by atoms with van der Waals surface area (Å²) in [6.45, 7) is 10.5. The van der Waals surface area contributed by atoms with Crippen LogP contribution in [0.2, 0.25) is 0 Å². The maximum absolute atomic E-state index is 13.0. The van der Waals surface area contributed by atoms with Crippen molar-refractivity contribution in [2.45, 2.75) is 46.9 Å². The normalized spacial score (nSPS) is 15.9. The van der Waals surface area contributed by atoms with Gasteiger partial charge < -0.3 is 24.8 Å². The van der Waals surface area contributed by atoms with Gasteiger partial charge in [-0.25, -0.2) is 4.99 Å². The van der Waals surface area contributed by atoms with Crippen LogP contribution in [0.3, 0.4) is 0 Å². The first-order valence-electron chi connectivity index (χ1n) is 11.0. The lowest BCUT2D eigenvalue weighted by molar-refractivity contribution is -0.0520. The van der Waals surface area contributed by atoms with E-state index in [0.29, 0.717) is 42.4 Å². The van der Waals surface area contributed by atoms with Gasteiger partial charge in [0.05, 0.1) is 26.4 Å². The van der Waals surface area contributed by atoms with Gasteiger partial charge in [-0.05, 0) is 25.8 Å². The molecule has 1 aromatic rings. The van der Waals surface area contributed by atoms with Crippen LogP contribution in [0.4, 0.5) is 8.78 Å². The van der Waals surface area contributed by atoms with Crippen LogP contribution in [0.1, 0.15) is 33.3 Å². The van der Waals surface area contributed by atoms with E-state index in [-0.39, 0.29) is 36.3 Å². The second-order valence-electron chi connectivity index (χ2n) is 7.59. The number of nitrogens with one attached hydrogen (secondary N) is 2. The van der Waals surface area contributed by atoms with Gasteiger partial charge in [-0.15, -0.1) is 24.0 Å². The Labute approximate surface area is 207 Å². The number of aliphatic imine (C=N–C) groups is 1. The smallest absolute Gasteiger partial charge is 0.387 e. The number of halogens is 3. The summed E-state index contributed by atoms with van der Waals surface area (Å²) in [5.41, 5.74) is 0.539. The molecular formula is C22H37F2IN4O3. The standard InChI is InChI=1S/C22H36F2N4O3.HI/c1-5-25-22(27-15-18(16(3)4)28-10-12-29-13-11-28)26-14-17-8-7-9-19(30-6-2)20(17)31-21(23)24;/h7-9,16,18,21H,5-6,10-15H2,1-4H3,(H2,25,26,27);1H. The minimum Gasteiger partial charge on any atom is -0.490 e. The molecule has 10 heteroatoms. The first kappa shape index (κ1) is 28.6. The Morgan fingerprint density at radius 1 is 1.19 bits per heavy atom. The molecule has 1 saturated heterocycles. The predicted octanol–water partition coefficient (Wildman–Crippen LogP) is 3.72. The van der Waals surface area contributed by atoms with E-state index < -0.39 is 6.61 Å². The summed E-state index contributed by atoms with van der Waals surface area (Å²) in [7, 11) is 0. The molecular weight excluding hydrogens is 533 g/mol. The lowest BCUT2D eigenvalue weighted by Gasteiger charge is -2.37. The summed E-state index contributed by atoms with van der Waals surface area (Å²) in [4.78, 5) is 7.04. The number of guanidine groups is 1. The van der Waals surface area contributed by atoms with Gasteiger partial charge in [-0.3, -0.25) is 4.90 Å². The zero-order valence-corrected chi connectivity index (χ0v) is 21.7. The van der Waals surface area contributed by atoms with Crippen molar-refractivity contribution in [3.8, 4) is 11.5 Å². The number of hydrogen-bond acceptors (Lipinski definition) is 5. The van der Waals surface area contributed by atoms with E-state index in [9.17, 15) is 8.78 Å². The number of morpholine rings is 1. The lowest BCUT2D eigenvalue weighted by Crippen LogP contribution is -2.52. The van der Waals surface area contributed by atoms with Gasteiger partial charge >= 0.3 is 6.61 Å². The van der Waals surface area contributed by atoms with Gasteiger partial charge in [0, 0.05) is 37.8 Å². The van der Waals surface area contributed by atoms with Gasteiger partial charge in [0.15, 0.2) is 17.5 Å². The van der Waals surface area contributed by atoms with Crippen LogP contribution >= 0.6 is 24.0 Å². The second kappa shape index (κ2) is 15.4. The van der Waals surface area contributed by atoms with Crippen LogP contribution in [0.25, 0.3) is 0 Å². The number of nitrogens with zero attached hydrogens (tertiary/aromatic N) is 2. The zero-order valence-electron chi connectivity index (χ0n) is 19.4. The van der Waals surface area contributed by atoms with Crippen LogP contribution in [-0.4, -0.2) is 69.5 Å². The molecule has 1 heterocycles. The Morgan fingerprint density at radius 2 is 1.91 bits per heavy atom. The topological polar surface area (TPSA) is 67.4 Å². The van der Waals surface area contributed by atoms with Gasteiger partial charge in [0.2, 0.25) is 0 Å². The van der Waals surface area contributed by atoms with Gasteiger partial charge in [0.1, 0.15) is 0 Å². The highest BCUT2D eigenvalue weighted by Gasteiger charge is 2.24. The number of alkyl halides is 2. The Balaban J connectivity index is 0.00000512. The SMILES string of the molecule is CCNC(=NCc1cccc(OCC)c1OC(F)F)NCC(C(C)C)N1CCOCC1.I. The van der Waals surface area contributed by atoms with Gasteiger partial charge in [0.25, 0.3) is 0 Å². The summed E-state index contributed by atoms with van der Waals surface area (Å²) in [5.74, 6) is 1.42. The van der Waals surface area contributed by atoms with Gasteiger partial charge in [-0.1, -0.05) is 26.0 Å². The molecule has 0 radical (unpaired) electrons. The molecule has 2 N–H and O–H groups in total. The molecule has 1 aromatic carbocycles. The molecule has 1 aliphatic rings. The molecule has 1 aliphatic heterocycles. The fraction of sp³-hybridized carbons (Fsp3) is 0.682. The van der Waals surface area contributed by atoms with Crippen molar-refractivity contribution < 1.29 is 23.0 Å². The number of benzene rings is 1. The fourth-order valence-corrected chi connectivity index (χ4v) is 3.58. The number of ether oxygens (including phenoxy) is 3. The number of rotatable bonds is 11. The summed E-state index contributed by atoms with van der Waals surface area (Å²) in [6.07, 6.45) is 0. The third kappa shape index (κ3) is 9.22. The van der Waals surface area contributed by atoms with E-state index in [1.807, 2.05) is 6.92 Å². The summed E-state index contributed by atoms with van der Waals surface area (Å²) < 4.78 is 41.6. The molecule has 1 atom stereocenters. The maximum Gasteiger partial charge on any atom is 0.387 e. The van der Waals surface area contributed by atoms with Crippen molar-refractivity contribution in [3.63, 3.8) is 0 Å². The molecule has 1 unspecified atom stereocenters. The molecule has 0 bridgehead atoms. The molecule has 0 aromatic heterocycles. The largest absolute Gasteiger partial charge is 0.490 e. The monoisotopic (exact) mass is 570 g/mol. The molecule has 7 nitrogen and oxygen atoms in total. The highest BCUT2D eigenvalue weighted by Crippen LogP contribution is 2.33. The van der Waals surface area contributed by atoms with Crippen LogP contribution in [0, 0.1) is 5.92 Å². The highest BCUT2D eigenvalue weighted by molar-refractivity contribution is 14.0. The minimum atomic E-state index is -2.93. The third-order valence-electron chi connectivity index (χ3n) is 5.08. The van der Waals surface area contributed by atoms with Crippen LogP contribution < -0.4 is 20.1 Å². The van der Waals surface area contributed by atoms with Crippen LogP contribution in [0.5, 0.6) is 11.5 Å². The molecule has 32 heavy (non-hydrogen) atoms. The third-order valence-corrected chi connectivity index (χ3v) is 5.08. The van der Waals surface area contributed by atoms with Crippen LogP contribution in [-0.2, 0) is 11.3 Å². The maximum atomic E-state index is 13.0. The Bertz CT molecular complexity index is 689. The predicted molar refractivity (Wildman–Crippen MR) is 133 cm³/mol. The molecule has 0 aliphatic carbocycles. The second-order valence-corrected chi connectivity index (χ2v) is 7.59. The van der Waals surface area contributed by atoms with Crippen molar-refractivity contribution in [1.29, 1.82) is 0 Å². The lowest BCUT2D eigenvalue weighted by atomic mass is 10.0. The molecule has 0 saturated carbocycles. The quantitative estimate of drug-likeness (QED) is 0.240. The van der Waals surface area contributed by atoms with Crippen molar-refractivity contribution >= 4 is 29.9 Å².